The molecule has 0 aliphatic heterocycles. The Morgan fingerprint density at radius 1 is 1.43 bits per heavy atom. The Hall–Kier alpha value is -2.03. The molecule has 112 valence electrons. The van der Waals surface area contributed by atoms with E-state index in [0.717, 1.165) is 16.8 Å². The molecule has 1 atom stereocenters. The number of aliphatic carboxylic acids is 1. The normalized spacial score (nSPS) is 12.3. The summed E-state index contributed by atoms with van der Waals surface area (Å²) >= 11 is 1.50. The number of hydrogen-bond acceptors (Lipinski definition) is 5. The quantitative estimate of drug-likeness (QED) is 0.878. The highest BCUT2D eigenvalue weighted by Crippen LogP contribution is 2.23. The number of carboxylic acids is 1. The van der Waals surface area contributed by atoms with Crippen molar-refractivity contribution < 1.29 is 18.7 Å². The van der Waals surface area contributed by atoms with Crippen LogP contribution >= 0.6 is 11.8 Å². The maximum absolute atomic E-state index is 13.3. The highest BCUT2D eigenvalue weighted by atomic mass is 32.2. The molecule has 2 aromatic rings. The van der Waals surface area contributed by atoms with E-state index in [2.05, 4.69) is 15.5 Å². The summed E-state index contributed by atoms with van der Waals surface area (Å²) in [4.78, 5) is 11.3. The van der Waals surface area contributed by atoms with Gasteiger partial charge in [-0.05, 0) is 47.1 Å². The Labute approximate surface area is 123 Å². The summed E-state index contributed by atoms with van der Waals surface area (Å²) in [5.74, 6) is -2.43. The van der Waals surface area contributed by atoms with Crippen LogP contribution in [0.15, 0.2) is 18.2 Å². The number of carboxylic acid groups (broad SMARTS) is 1. The van der Waals surface area contributed by atoms with Gasteiger partial charge >= 0.3 is 5.97 Å². The summed E-state index contributed by atoms with van der Waals surface area (Å²) in [6.07, 6.45) is 2.17. The molecule has 2 rings (SSSR count). The number of thioether (sulfide) groups is 1. The van der Waals surface area contributed by atoms with Crippen molar-refractivity contribution in [1.82, 2.24) is 20.2 Å². The molecule has 1 heterocycles. The van der Waals surface area contributed by atoms with Crippen LogP contribution in [-0.2, 0) is 4.79 Å². The Kier molecular flexibility index (Phi) is 4.84. The molecular weight excluding hydrogens is 302 g/mol. The SMILES string of the molecule is CSCCC(C(=O)O)n1nnnc1-c1ccc(F)c(F)c1. The van der Waals surface area contributed by atoms with Gasteiger partial charge in [0.2, 0.25) is 0 Å². The van der Waals surface area contributed by atoms with Crippen LogP contribution in [0.25, 0.3) is 11.4 Å². The fourth-order valence-corrected chi connectivity index (χ4v) is 2.27. The molecule has 1 N–H and O–H groups in total. The van der Waals surface area contributed by atoms with Gasteiger partial charge in [-0.2, -0.15) is 11.8 Å². The lowest BCUT2D eigenvalue weighted by molar-refractivity contribution is -0.141. The topological polar surface area (TPSA) is 80.9 Å². The zero-order valence-corrected chi connectivity index (χ0v) is 11.8. The predicted octanol–water partition coefficient (Wildman–Crippen LogP) is 2.00. The molecule has 0 bridgehead atoms. The maximum Gasteiger partial charge on any atom is 0.328 e. The molecule has 0 spiro atoms. The van der Waals surface area contributed by atoms with Gasteiger partial charge in [-0.3, -0.25) is 0 Å². The van der Waals surface area contributed by atoms with Crippen molar-refractivity contribution in [2.45, 2.75) is 12.5 Å². The molecule has 0 amide bonds. The summed E-state index contributed by atoms with van der Waals surface area (Å²) in [6.45, 7) is 0. The average molecular weight is 314 g/mol. The Morgan fingerprint density at radius 2 is 2.19 bits per heavy atom. The van der Waals surface area contributed by atoms with Crippen LogP contribution in [0.2, 0.25) is 0 Å². The van der Waals surface area contributed by atoms with Gasteiger partial charge in [0.15, 0.2) is 23.5 Å². The molecule has 6 nitrogen and oxygen atoms in total. The molecule has 0 saturated carbocycles. The molecule has 0 fully saturated rings. The third-order valence-corrected chi connectivity index (χ3v) is 3.49. The summed E-state index contributed by atoms with van der Waals surface area (Å²) in [5, 5.41) is 20.1. The number of hydrogen-bond donors (Lipinski definition) is 1. The fourth-order valence-electron chi connectivity index (χ4n) is 1.81. The van der Waals surface area contributed by atoms with E-state index >= 15 is 0 Å². The summed E-state index contributed by atoms with van der Waals surface area (Å²) < 4.78 is 27.4. The summed E-state index contributed by atoms with van der Waals surface area (Å²) in [5.41, 5.74) is 0.217. The van der Waals surface area contributed by atoms with Crippen molar-refractivity contribution in [1.29, 1.82) is 0 Å². The number of carbonyl (C=O) groups is 1. The molecule has 0 aliphatic rings. The van der Waals surface area contributed by atoms with Crippen molar-refractivity contribution in [3.8, 4) is 11.4 Å². The first-order chi connectivity index (χ1) is 10.0. The second kappa shape index (κ2) is 6.61. The highest BCUT2D eigenvalue weighted by molar-refractivity contribution is 7.98. The average Bonchev–Trinajstić information content (AvgIpc) is 2.91. The van der Waals surface area contributed by atoms with Gasteiger partial charge in [-0.15, -0.1) is 5.10 Å². The molecule has 0 saturated heterocycles. The Balaban J connectivity index is 2.40. The van der Waals surface area contributed by atoms with Gasteiger partial charge in [0.25, 0.3) is 0 Å². The molecule has 1 aromatic carbocycles. The van der Waals surface area contributed by atoms with Gasteiger partial charge in [0.1, 0.15) is 0 Å². The number of benzene rings is 1. The smallest absolute Gasteiger partial charge is 0.328 e. The molecule has 21 heavy (non-hydrogen) atoms. The van der Waals surface area contributed by atoms with E-state index in [1.54, 1.807) is 0 Å². The number of rotatable bonds is 6. The molecule has 1 unspecified atom stereocenters. The largest absolute Gasteiger partial charge is 0.480 e. The molecule has 9 heteroatoms. The third kappa shape index (κ3) is 3.35. The van der Waals surface area contributed by atoms with Gasteiger partial charge in [0, 0.05) is 5.56 Å². The minimum Gasteiger partial charge on any atom is -0.480 e. The van der Waals surface area contributed by atoms with E-state index < -0.39 is 23.6 Å². The van der Waals surface area contributed by atoms with Crippen LogP contribution in [0.3, 0.4) is 0 Å². The summed E-state index contributed by atoms with van der Waals surface area (Å²) in [7, 11) is 0. The zero-order valence-electron chi connectivity index (χ0n) is 11.0. The first-order valence-corrected chi connectivity index (χ1v) is 7.39. The van der Waals surface area contributed by atoms with Crippen LogP contribution in [-0.4, -0.2) is 43.3 Å². The number of nitrogens with zero attached hydrogens (tertiary/aromatic N) is 4. The number of aromatic nitrogens is 4. The van der Waals surface area contributed by atoms with Crippen LogP contribution < -0.4 is 0 Å². The molecule has 0 radical (unpaired) electrons. The zero-order chi connectivity index (χ0) is 15.4. The van der Waals surface area contributed by atoms with Crippen LogP contribution in [0.4, 0.5) is 8.78 Å². The van der Waals surface area contributed by atoms with Crippen LogP contribution in [0, 0.1) is 11.6 Å². The van der Waals surface area contributed by atoms with Crippen LogP contribution in [0.1, 0.15) is 12.5 Å². The monoisotopic (exact) mass is 314 g/mol. The van der Waals surface area contributed by atoms with Gasteiger partial charge in [-0.1, -0.05) is 0 Å². The van der Waals surface area contributed by atoms with E-state index in [1.807, 2.05) is 6.26 Å². The Morgan fingerprint density at radius 3 is 2.81 bits per heavy atom. The lowest BCUT2D eigenvalue weighted by Crippen LogP contribution is -2.22. The molecular formula is C12H12F2N4O2S. The standard InChI is InChI=1S/C12H12F2N4O2S/c1-21-5-4-10(12(19)20)18-11(15-16-17-18)7-2-3-8(13)9(14)6-7/h2-3,6,10H,4-5H2,1H3,(H,19,20). The van der Waals surface area contributed by atoms with Gasteiger partial charge in [0.05, 0.1) is 0 Å². The van der Waals surface area contributed by atoms with E-state index in [1.165, 1.54) is 17.8 Å². The van der Waals surface area contributed by atoms with Crippen molar-refractivity contribution in [2.24, 2.45) is 0 Å². The second-order valence-electron chi connectivity index (χ2n) is 4.21. The Bertz CT molecular complexity index is 650. The number of halogens is 2. The minimum atomic E-state index is -1.08. The fraction of sp³-hybridized carbons (Fsp3) is 0.333. The van der Waals surface area contributed by atoms with E-state index in [4.69, 9.17) is 0 Å². The molecule has 0 aliphatic carbocycles. The lowest BCUT2D eigenvalue weighted by atomic mass is 10.1. The third-order valence-electron chi connectivity index (χ3n) is 2.85. The van der Waals surface area contributed by atoms with E-state index in [-0.39, 0.29) is 11.4 Å². The highest BCUT2D eigenvalue weighted by Gasteiger charge is 2.25. The van der Waals surface area contributed by atoms with Gasteiger partial charge < -0.3 is 5.11 Å². The lowest BCUT2D eigenvalue weighted by Gasteiger charge is -2.13. The second-order valence-corrected chi connectivity index (χ2v) is 5.20. The minimum absolute atomic E-state index is 0.0856. The maximum atomic E-state index is 13.3. The first kappa shape index (κ1) is 15.4. The van der Waals surface area contributed by atoms with Crippen molar-refractivity contribution >= 4 is 17.7 Å². The summed E-state index contributed by atoms with van der Waals surface area (Å²) in [6, 6.07) is 2.22. The van der Waals surface area contributed by atoms with Crippen molar-refractivity contribution in [3.05, 3.63) is 29.8 Å². The van der Waals surface area contributed by atoms with E-state index in [0.29, 0.717) is 12.2 Å². The first-order valence-electron chi connectivity index (χ1n) is 5.99. The van der Waals surface area contributed by atoms with Gasteiger partial charge in [-0.25, -0.2) is 18.3 Å². The van der Waals surface area contributed by atoms with Crippen molar-refractivity contribution in [2.75, 3.05) is 12.0 Å². The molecule has 1 aromatic heterocycles. The van der Waals surface area contributed by atoms with E-state index in [9.17, 15) is 18.7 Å². The predicted molar refractivity (Wildman–Crippen MR) is 72.8 cm³/mol. The number of tetrazole rings is 1. The van der Waals surface area contributed by atoms with Crippen molar-refractivity contribution in [3.63, 3.8) is 0 Å². The van der Waals surface area contributed by atoms with Crippen LogP contribution in [0.5, 0.6) is 0 Å².